The molecule has 2 aliphatic rings. The SMILES string of the molecule is I.O=C1CCCN1c1cccc(CNC2=NCCCN2)c1. The molecule has 1 fully saturated rings. The summed E-state index contributed by atoms with van der Waals surface area (Å²) in [6.07, 6.45) is 2.73. The Morgan fingerprint density at radius 3 is 2.95 bits per heavy atom. The van der Waals surface area contributed by atoms with E-state index in [1.165, 1.54) is 0 Å². The second kappa shape index (κ2) is 7.63. The van der Waals surface area contributed by atoms with Crippen molar-refractivity contribution in [3.05, 3.63) is 29.8 Å². The van der Waals surface area contributed by atoms with Crippen molar-refractivity contribution in [1.29, 1.82) is 0 Å². The smallest absolute Gasteiger partial charge is 0.227 e. The molecule has 3 rings (SSSR count). The molecule has 1 aromatic carbocycles. The van der Waals surface area contributed by atoms with Crippen LogP contribution in [0.15, 0.2) is 29.3 Å². The maximum Gasteiger partial charge on any atom is 0.227 e. The average Bonchev–Trinajstić information content (AvgIpc) is 2.93. The van der Waals surface area contributed by atoms with Crippen molar-refractivity contribution in [1.82, 2.24) is 10.6 Å². The Hall–Kier alpha value is -1.31. The highest BCUT2D eigenvalue weighted by atomic mass is 127. The van der Waals surface area contributed by atoms with Crippen LogP contribution in [0.25, 0.3) is 0 Å². The first-order valence-electron chi connectivity index (χ1n) is 7.24. The lowest BCUT2D eigenvalue weighted by Crippen LogP contribution is -2.40. The van der Waals surface area contributed by atoms with Crippen LogP contribution in [-0.4, -0.2) is 31.5 Å². The summed E-state index contributed by atoms with van der Waals surface area (Å²) in [6.45, 7) is 3.43. The van der Waals surface area contributed by atoms with Gasteiger partial charge in [0.05, 0.1) is 0 Å². The molecule has 21 heavy (non-hydrogen) atoms. The van der Waals surface area contributed by atoms with E-state index in [0.717, 1.165) is 56.2 Å². The minimum absolute atomic E-state index is 0. The van der Waals surface area contributed by atoms with Gasteiger partial charge in [0, 0.05) is 38.3 Å². The van der Waals surface area contributed by atoms with E-state index >= 15 is 0 Å². The van der Waals surface area contributed by atoms with Gasteiger partial charge in [-0.05, 0) is 30.5 Å². The van der Waals surface area contributed by atoms with Crippen LogP contribution in [0.1, 0.15) is 24.8 Å². The number of anilines is 1. The summed E-state index contributed by atoms with van der Waals surface area (Å²) < 4.78 is 0. The van der Waals surface area contributed by atoms with Gasteiger partial charge in [0.2, 0.25) is 5.91 Å². The van der Waals surface area contributed by atoms with Crippen molar-refractivity contribution in [2.24, 2.45) is 4.99 Å². The number of halogens is 1. The highest BCUT2D eigenvalue weighted by Crippen LogP contribution is 2.22. The summed E-state index contributed by atoms with van der Waals surface area (Å²) in [5.74, 6) is 1.10. The minimum atomic E-state index is 0. The number of carbonyl (C=O) groups is 1. The number of carbonyl (C=O) groups excluding carboxylic acids is 1. The van der Waals surface area contributed by atoms with Crippen molar-refractivity contribution in [3.63, 3.8) is 0 Å². The molecule has 0 aliphatic carbocycles. The monoisotopic (exact) mass is 400 g/mol. The molecule has 2 heterocycles. The molecular formula is C15H21IN4O. The van der Waals surface area contributed by atoms with Crippen molar-refractivity contribution in [3.8, 4) is 0 Å². The van der Waals surface area contributed by atoms with E-state index in [1.807, 2.05) is 17.0 Å². The molecule has 1 aromatic rings. The zero-order valence-corrected chi connectivity index (χ0v) is 14.3. The molecule has 114 valence electrons. The van der Waals surface area contributed by atoms with Crippen LogP contribution in [-0.2, 0) is 11.3 Å². The summed E-state index contributed by atoms with van der Waals surface area (Å²) in [7, 11) is 0. The number of nitrogens with one attached hydrogen (secondary N) is 2. The van der Waals surface area contributed by atoms with Gasteiger partial charge in [0.25, 0.3) is 0 Å². The van der Waals surface area contributed by atoms with Crippen LogP contribution < -0.4 is 15.5 Å². The van der Waals surface area contributed by atoms with Gasteiger partial charge in [-0.1, -0.05) is 12.1 Å². The Balaban J connectivity index is 0.00000161. The summed E-state index contributed by atoms with van der Waals surface area (Å²) in [5.41, 5.74) is 2.17. The minimum Gasteiger partial charge on any atom is -0.356 e. The van der Waals surface area contributed by atoms with E-state index in [4.69, 9.17) is 0 Å². The summed E-state index contributed by atoms with van der Waals surface area (Å²) >= 11 is 0. The van der Waals surface area contributed by atoms with Crippen LogP contribution in [0.4, 0.5) is 5.69 Å². The van der Waals surface area contributed by atoms with Crippen LogP contribution in [0.2, 0.25) is 0 Å². The van der Waals surface area contributed by atoms with Gasteiger partial charge < -0.3 is 15.5 Å². The first-order chi connectivity index (χ1) is 9.83. The standard InChI is InChI=1S/C15H20N4O.HI/c20-14-6-2-9-19(14)13-5-1-4-12(10-13)11-18-15-16-7-3-8-17-15;/h1,4-5,10H,2-3,6-9,11H2,(H2,16,17,18);1H. The number of aliphatic imine (C=N–C) groups is 1. The number of nitrogens with zero attached hydrogens (tertiary/aromatic N) is 2. The van der Waals surface area contributed by atoms with E-state index in [1.54, 1.807) is 0 Å². The Kier molecular flexibility index (Phi) is 5.84. The Morgan fingerprint density at radius 2 is 2.24 bits per heavy atom. The van der Waals surface area contributed by atoms with Gasteiger partial charge in [-0.2, -0.15) is 0 Å². The number of guanidine groups is 1. The van der Waals surface area contributed by atoms with Gasteiger partial charge in [0.15, 0.2) is 5.96 Å². The molecule has 0 atom stereocenters. The molecule has 0 aromatic heterocycles. The van der Waals surface area contributed by atoms with E-state index in [0.29, 0.717) is 6.42 Å². The highest BCUT2D eigenvalue weighted by Gasteiger charge is 2.21. The number of hydrogen-bond acceptors (Lipinski definition) is 4. The Bertz CT molecular complexity index is 532. The summed E-state index contributed by atoms with van der Waals surface area (Å²) in [4.78, 5) is 18.0. The molecule has 6 heteroatoms. The van der Waals surface area contributed by atoms with Crippen molar-refractivity contribution in [2.75, 3.05) is 24.5 Å². The van der Waals surface area contributed by atoms with Crippen molar-refractivity contribution >= 4 is 41.5 Å². The quantitative estimate of drug-likeness (QED) is 0.762. The van der Waals surface area contributed by atoms with Crippen LogP contribution in [0.5, 0.6) is 0 Å². The fourth-order valence-corrected chi connectivity index (χ4v) is 2.59. The number of benzene rings is 1. The molecule has 0 unspecified atom stereocenters. The van der Waals surface area contributed by atoms with Crippen LogP contribution >= 0.6 is 24.0 Å². The van der Waals surface area contributed by atoms with Gasteiger partial charge in [-0.25, -0.2) is 0 Å². The molecule has 0 bridgehead atoms. The van der Waals surface area contributed by atoms with E-state index in [9.17, 15) is 4.79 Å². The lowest BCUT2D eigenvalue weighted by molar-refractivity contribution is -0.117. The van der Waals surface area contributed by atoms with Crippen LogP contribution in [0, 0.1) is 0 Å². The molecule has 1 amide bonds. The number of hydrogen-bond donors (Lipinski definition) is 2. The normalized spacial score (nSPS) is 17.8. The number of rotatable bonds is 3. The first-order valence-corrected chi connectivity index (χ1v) is 7.24. The highest BCUT2D eigenvalue weighted by molar-refractivity contribution is 14.0. The summed E-state index contributed by atoms with van der Waals surface area (Å²) in [5, 5.41) is 6.54. The second-order valence-corrected chi connectivity index (χ2v) is 5.18. The third kappa shape index (κ3) is 4.09. The van der Waals surface area contributed by atoms with Crippen molar-refractivity contribution < 1.29 is 4.79 Å². The fraction of sp³-hybridized carbons (Fsp3) is 0.467. The molecule has 0 spiro atoms. The third-order valence-corrected chi connectivity index (χ3v) is 3.65. The Morgan fingerprint density at radius 1 is 1.33 bits per heavy atom. The predicted molar refractivity (Wildman–Crippen MR) is 95.2 cm³/mol. The Labute approximate surface area is 142 Å². The number of amides is 1. The molecule has 5 nitrogen and oxygen atoms in total. The van der Waals surface area contributed by atoms with E-state index in [2.05, 4.69) is 27.8 Å². The fourth-order valence-electron chi connectivity index (χ4n) is 2.59. The molecule has 2 aliphatic heterocycles. The van der Waals surface area contributed by atoms with Crippen LogP contribution in [0.3, 0.4) is 0 Å². The van der Waals surface area contributed by atoms with Crippen molar-refractivity contribution in [2.45, 2.75) is 25.8 Å². The van der Waals surface area contributed by atoms with E-state index in [-0.39, 0.29) is 29.9 Å². The largest absolute Gasteiger partial charge is 0.356 e. The van der Waals surface area contributed by atoms with Gasteiger partial charge in [0.1, 0.15) is 0 Å². The molecule has 1 saturated heterocycles. The van der Waals surface area contributed by atoms with Gasteiger partial charge >= 0.3 is 0 Å². The molecule has 2 N–H and O–H groups in total. The maximum absolute atomic E-state index is 11.8. The summed E-state index contributed by atoms with van der Waals surface area (Å²) in [6, 6.07) is 8.16. The zero-order valence-electron chi connectivity index (χ0n) is 12.0. The molecule has 0 radical (unpaired) electrons. The van der Waals surface area contributed by atoms with Gasteiger partial charge in [-0.15, -0.1) is 24.0 Å². The molecular weight excluding hydrogens is 379 g/mol. The zero-order chi connectivity index (χ0) is 13.8. The third-order valence-electron chi connectivity index (χ3n) is 3.65. The van der Waals surface area contributed by atoms with E-state index < -0.39 is 0 Å². The lowest BCUT2D eigenvalue weighted by atomic mass is 10.2. The lowest BCUT2D eigenvalue weighted by Gasteiger charge is -2.18. The second-order valence-electron chi connectivity index (χ2n) is 5.18. The topological polar surface area (TPSA) is 56.7 Å². The van der Waals surface area contributed by atoms with Gasteiger partial charge in [-0.3, -0.25) is 9.79 Å². The average molecular weight is 400 g/mol. The predicted octanol–water partition coefficient (Wildman–Crippen LogP) is 1.87. The first kappa shape index (κ1) is 16.1. The maximum atomic E-state index is 11.8. The molecule has 0 saturated carbocycles.